The molecule has 2 rings (SSSR count). The summed E-state index contributed by atoms with van der Waals surface area (Å²) in [6, 6.07) is 4.21. The number of rotatable bonds is 4. The third-order valence-electron chi connectivity index (χ3n) is 4.06. The van der Waals surface area contributed by atoms with Crippen LogP contribution in [0.4, 0.5) is 0 Å². The quantitative estimate of drug-likeness (QED) is 0.879. The van der Waals surface area contributed by atoms with Crippen LogP contribution >= 0.6 is 11.3 Å². The zero-order chi connectivity index (χ0) is 13.2. The summed E-state index contributed by atoms with van der Waals surface area (Å²) in [5.74, 6) is 0.562. The van der Waals surface area contributed by atoms with Crippen molar-refractivity contribution in [3.63, 3.8) is 0 Å². The van der Waals surface area contributed by atoms with Crippen molar-refractivity contribution in [3.05, 3.63) is 22.4 Å². The smallest absolute Gasteiger partial charge is 0.228 e. The fourth-order valence-electron chi connectivity index (χ4n) is 2.61. The van der Waals surface area contributed by atoms with Crippen molar-refractivity contribution in [3.8, 4) is 0 Å². The molecule has 1 aromatic rings. The molecule has 0 radical (unpaired) electrons. The van der Waals surface area contributed by atoms with Gasteiger partial charge in [-0.3, -0.25) is 4.79 Å². The lowest BCUT2D eigenvalue weighted by molar-refractivity contribution is -0.133. The number of carbonyl (C=O) groups is 1. The number of amides is 1. The summed E-state index contributed by atoms with van der Waals surface area (Å²) in [6.45, 7) is 8.08. The maximum atomic E-state index is 12.6. The zero-order valence-corrected chi connectivity index (χ0v) is 12.1. The lowest BCUT2D eigenvalue weighted by Gasteiger charge is -2.32. The van der Waals surface area contributed by atoms with Gasteiger partial charge in [-0.05, 0) is 37.3 Å². The highest BCUT2D eigenvalue weighted by molar-refractivity contribution is 7.10. The molecule has 0 saturated carbocycles. The molecule has 2 unspecified atom stereocenters. The summed E-state index contributed by atoms with van der Waals surface area (Å²) in [5, 5.41) is 8.55. The topological polar surface area (TPSA) is 41.1 Å². The molecule has 3 nitrogen and oxygen atoms in total. The summed E-state index contributed by atoms with van der Waals surface area (Å²) >= 11 is 1.69. The van der Waals surface area contributed by atoms with Crippen LogP contribution in [0.25, 0.3) is 0 Å². The Hall–Kier alpha value is -0.870. The minimum atomic E-state index is -0.231. The zero-order valence-electron chi connectivity index (χ0n) is 11.3. The first kappa shape index (κ1) is 13.6. The van der Waals surface area contributed by atoms with Crippen molar-refractivity contribution >= 4 is 17.2 Å². The molecule has 4 heteroatoms. The Morgan fingerprint density at radius 1 is 1.50 bits per heavy atom. The third kappa shape index (κ3) is 2.45. The average Bonchev–Trinajstić information content (AvgIpc) is 3.01. The lowest BCUT2D eigenvalue weighted by Crippen LogP contribution is -2.46. The molecule has 1 aliphatic rings. The van der Waals surface area contributed by atoms with Gasteiger partial charge in [-0.1, -0.05) is 19.9 Å². The fraction of sp³-hybridized carbons (Fsp3) is 0.643. The molecule has 2 heterocycles. The SMILES string of the molecule is CC(NC(=O)C1(C(C)C)CCNC1)c1cccs1. The van der Waals surface area contributed by atoms with Crippen LogP contribution in [-0.4, -0.2) is 19.0 Å². The normalized spacial score (nSPS) is 25.3. The minimum Gasteiger partial charge on any atom is -0.348 e. The van der Waals surface area contributed by atoms with Gasteiger partial charge in [0.25, 0.3) is 0 Å². The van der Waals surface area contributed by atoms with Crippen LogP contribution in [0, 0.1) is 11.3 Å². The van der Waals surface area contributed by atoms with Crippen LogP contribution in [0.15, 0.2) is 17.5 Å². The molecule has 0 aliphatic carbocycles. The Morgan fingerprint density at radius 2 is 2.28 bits per heavy atom. The first-order valence-corrected chi connectivity index (χ1v) is 7.49. The first-order valence-electron chi connectivity index (χ1n) is 6.61. The van der Waals surface area contributed by atoms with Crippen molar-refractivity contribution in [2.75, 3.05) is 13.1 Å². The Kier molecular flexibility index (Phi) is 4.07. The van der Waals surface area contributed by atoms with Gasteiger partial charge in [0.15, 0.2) is 0 Å². The Bertz CT molecular complexity index is 394. The van der Waals surface area contributed by atoms with Crippen molar-refractivity contribution in [2.24, 2.45) is 11.3 Å². The highest BCUT2D eigenvalue weighted by Crippen LogP contribution is 2.35. The number of carbonyl (C=O) groups excluding carboxylic acids is 1. The number of nitrogens with one attached hydrogen (secondary N) is 2. The predicted molar refractivity (Wildman–Crippen MR) is 75.6 cm³/mol. The molecule has 1 aliphatic heterocycles. The summed E-state index contributed by atoms with van der Waals surface area (Å²) < 4.78 is 0. The molecule has 100 valence electrons. The molecule has 1 aromatic heterocycles. The number of thiophene rings is 1. The van der Waals surface area contributed by atoms with Crippen molar-refractivity contribution in [1.29, 1.82) is 0 Å². The van der Waals surface area contributed by atoms with Crippen LogP contribution < -0.4 is 10.6 Å². The van der Waals surface area contributed by atoms with Gasteiger partial charge >= 0.3 is 0 Å². The molecule has 2 atom stereocenters. The van der Waals surface area contributed by atoms with E-state index >= 15 is 0 Å². The van der Waals surface area contributed by atoms with Crippen molar-refractivity contribution in [2.45, 2.75) is 33.2 Å². The number of hydrogen-bond donors (Lipinski definition) is 2. The highest BCUT2D eigenvalue weighted by Gasteiger charge is 2.44. The monoisotopic (exact) mass is 266 g/mol. The van der Waals surface area contributed by atoms with Gasteiger partial charge in [-0.2, -0.15) is 0 Å². The van der Waals surface area contributed by atoms with E-state index < -0.39 is 0 Å². The molecule has 1 amide bonds. The Labute approximate surface area is 113 Å². The Morgan fingerprint density at radius 3 is 2.78 bits per heavy atom. The van der Waals surface area contributed by atoms with E-state index in [0.717, 1.165) is 19.5 Å². The van der Waals surface area contributed by atoms with E-state index in [1.165, 1.54) is 4.88 Å². The fourth-order valence-corrected chi connectivity index (χ4v) is 3.34. The largest absolute Gasteiger partial charge is 0.348 e. The van der Waals surface area contributed by atoms with E-state index in [0.29, 0.717) is 5.92 Å². The molecule has 0 spiro atoms. The van der Waals surface area contributed by atoms with E-state index in [4.69, 9.17) is 0 Å². The lowest BCUT2D eigenvalue weighted by atomic mass is 9.75. The summed E-state index contributed by atoms with van der Waals surface area (Å²) in [7, 11) is 0. The van der Waals surface area contributed by atoms with E-state index in [1.54, 1.807) is 11.3 Å². The predicted octanol–water partition coefficient (Wildman–Crippen LogP) is 2.56. The van der Waals surface area contributed by atoms with Gasteiger partial charge in [-0.15, -0.1) is 11.3 Å². The van der Waals surface area contributed by atoms with Gasteiger partial charge < -0.3 is 10.6 Å². The van der Waals surface area contributed by atoms with Gasteiger partial charge in [0.05, 0.1) is 11.5 Å². The Balaban J connectivity index is 2.06. The molecule has 1 fully saturated rings. The van der Waals surface area contributed by atoms with Crippen LogP contribution in [0.1, 0.15) is 38.1 Å². The summed E-state index contributed by atoms with van der Waals surface area (Å²) in [4.78, 5) is 13.8. The number of hydrogen-bond acceptors (Lipinski definition) is 3. The van der Waals surface area contributed by atoms with Gasteiger partial charge in [0.1, 0.15) is 0 Å². The van der Waals surface area contributed by atoms with E-state index in [-0.39, 0.29) is 17.4 Å². The van der Waals surface area contributed by atoms with E-state index in [9.17, 15) is 4.79 Å². The van der Waals surface area contributed by atoms with E-state index in [1.807, 2.05) is 11.4 Å². The van der Waals surface area contributed by atoms with Crippen LogP contribution in [-0.2, 0) is 4.79 Å². The van der Waals surface area contributed by atoms with Crippen LogP contribution in [0.2, 0.25) is 0 Å². The standard InChI is InChI=1S/C14H22N2OS/c1-10(2)14(6-7-15-9-14)13(17)16-11(3)12-5-4-8-18-12/h4-5,8,10-11,15H,6-7,9H2,1-3H3,(H,16,17). The van der Waals surface area contributed by atoms with Crippen molar-refractivity contribution < 1.29 is 4.79 Å². The molecule has 2 N–H and O–H groups in total. The maximum Gasteiger partial charge on any atom is 0.228 e. The second kappa shape index (κ2) is 5.41. The molecule has 0 bridgehead atoms. The molecule has 18 heavy (non-hydrogen) atoms. The van der Waals surface area contributed by atoms with Gasteiger partial charge in [0.2, 0.25) is 5.91 Å². The molecule has 1 saturated heterocycles. The van der Waals surface area contributed by atoms with Gasteiger partial charge in [-0.25, -0.2) is 0 Å². The molecular weight excluding hydrogens is 244 g/mol. The van der Waals surface area contributed by atoms with Crippen LogP contribution in [0.5, 0.6) is 0 Å². The molecular formula is C14H22N2OS. The summed E-state index contributed by atoms with van der Waals surface area (Å²) in [6.07, 6.45) is 0.938. The van der Waals surface area contributed by atoms with Crippen molar-refractivity contribution in [1.82, 2.24) is 10.6 Å². The summed E-state index contributed by atoms with van der Waals surface area (Å²) in [5.41, 5.74) is -0.231. The third-order valence-corrected chi connectivity index (χ3v) is 5.12. The minimum absolute atomic E-state index is 0.105. The van der Waals surface area contributed by atoms with E-state index in [2.05, 4.69) is 37.5 Å². The second-order valence-corrected chi connectivity index (χ2v) is 6.43. The second-order valence-electron chi connectivity index (χ2n) is 5.45. The van der Waals surface area contributed by atoms with Gasteiger partial charge in [0, 0.05) is 11.4 Å². The molecule has 0 aromatic carbocycles. The maximum absolute atomic E-state index is 12.6. The first-order chi connectivity index (χ1) is 8.56. The van der Waals surface area contributed by atoms with Crippen LogP contribution in [0.3, 0.4) is 0 Å². The highest BCUT2D eigenvalue weighted by atomic mass is 32.1. The average molecular weight is 266 g/mol.